The van der Waals surface area contributed by atoms with Gasteiger partial charge in [-0.3, -0.25) is 4.31 Å². The van der Waals surface area contributed by atoms with Crippen molar-refractivity contribution < 1.29 is 0 Å². The molecule has 0 N–H and O–H groups in total. The first-order valence-electron chi connectivity index (χ1n) is 5.29. The van der Waals surface area contributed by atoms with Crippen LogP contribution in [0.5, 0.6) is 0 Å². The van der Waals surface area contributed by atoms with E-state index < -0.39 is 0 Å². The molecule has 1 atom stereocenters. The predicted octanol–water partition coefficient (Wildman–Crippen LogP) is 1.68. The van der Waals surface area contributed by atoms with Crippen molar-refractivity contribution >= 4 is 11.9 Å². The zero-order valence-electron chi connectivity index (χ0n) is 8.75. The molecule has 0 aromatic carbocycles. The molecule has 0 radical (unpaired) electrons. The van der Waals surface area contributed by atoms with Gasteiger partial charge in [0.2, 0.25) is 0 Å². The molecule has 0 saturated carbocycles. The fourth-order valence-electron chi connectivity index (χ4n) is 2.68. The second-order valence-corrected chi connectivity index (χ2v) is 5.30. The minimum Gasteiger partial charge on any atom is -0.303 e. The van der Waals surface area contributed by atoms with Crippen LogP contribution in [0.25, 0.3) is 0 Å². The highest BCUT2D eigenvalue weighted by Crippen LogP contribution is 2.40. The molecular formula is C10H20N2S. The lowest BCUT2D eigenvalue weighted by Gasteiger charge is -2.23. The molecule has 3 heteroatoms. The van der Waals surface area contributed by atoms with Crippen LogP contribution in [0.15, 0.2) is 0 Å². The Balaban J connectivity index is 1.93. The van der Waals surface area contributed by atoms with Crippen LogP contribution >= 0.6 is 11.9 Å². The van der Waals surface area contributed by atoms with Gasteiger partial charge >= 0.3 is 0 Å². The van der Waals surface area contributed by atoms with Gasteiger partial charge in [-0.15, -0.1) is 0 Å². The second-order valence-electron chi connectivity index (χ2n) is 4.41. The van der Waals surface area contributed by atoms with Gasteiger partial charge in [-0.1, -0.05) is 18.9 Å². The van der Waals surface area contributed by atoms with Crippen molar-refractivity contribution in [3.05, 3.63) is 0 Å². The summed E-state index contributed by atoms with van der Waals surface area (Å²) in [5.74, 6) is 0. The van der Waals surface area contributed by atoms with Crippen molar-refractivity contribution in [3.63, 3.8) is 0 Å². The van der Waals surface area contributed by atoms with Gasteiger partial charge in [-0.2, -0.15) is 0 Å². The minimum atomic E-state index is 0.666. The van der Waals surface area contributed by atoms with E-state index in [9.17, 15) is 0 Å². The molecule has 2 rings (SSSR count). The van der Waals surface area contributed by atoms with E-state index in [4.69, 9.17) is 0 Å². The largest absolute Gasteiger partial charge is 0.303 e. The fraction of sp³-hybridized carbons (Fsp3) is 1.00. The molecule has 76 valence electrons. The molecule has 2 aliphatic rings. The van der Waals surface area contributed by atoms with Gasteiger partial charge in [-0.05, 0) is 37.6 Å². The average Bonchev–Trinajstić information content (AvgIpc) is 2.74. The summed E-state index contributed by atoms with van der Waals surface area (Å²) in [6.07, 6.45) is 5.05. The highest BCUT2D eigenvalue weighted by atomic mass is 32.2. The van der Waals surface area contributed by atoms with Gasteiger partial charge in [0.25, 0.3) is 0 Å². The van der Waals surface area contributed by atoms with E-state index in [-0.39, 0.29) is 0 Å². The molecule has 13 heavy (non-hydrogen) atoms. The number of rotatable bonds is 2. The summed E-state index contributed by atoms with van der Waals surface area (Å²) in [7, 11) is 0. The summed E-state index contributed by atoms with van der Waals surface area (Å²) in [6, 6.07) is 0. The van der Waals surface area contributed by atoms with Crippen LogP contribution in [0.1, 0.15) is 19.8 Å². The molecule has 0 amide bonds. The number of nitrogens with zero attached hydrogens (tertiary/aromatic N) is 2. The quantitative estimate of drug-likeness (QED) is 0.626. The Morgan fingerprint density at radius 3 is 2.54 bits per heavy atom. The zero-order chi connectivity index (χ0) is 9.31. The molecule has 2 heterocycles. The van der Waals surface area contributed by atoms with Crippen molar-refractivity contribution in [1.82, 2.24) is 9.21 Å². The van der Waals surface area contributed by atoms with Crippen LogP contribution < -0.4 is 0 Å². The third kappa shape index (κ3) is 1.88. The van der Waals surface area contributed by atoms with E-state index in [1.807, 2.05) is 11.9 Å². The van der Waals surface area contributed by atoms with E-state index in [0.717, 1.165) is 0 Å². The molecule has 2 fully saturated rings. The van der Waals surface area contributed by atoms with Crippen LogP contribution in [0.2, 0.25) is 0 Å². The van der Waals surface area contributed by atoms with Crippen molar-refractivity contribution in [3.8, 4) is 0 Å². The summed E-state index contributed by atoms with van der Waals surface area (Å²) in [4.78, 5) is 2.60. The van der Waals surface area contributed by atoms with Gasteiger partial charge in [0.1, 0.15) is 0 Å². The number of likely N-dealkylation sites (tertiary alicyclic amines) is 1. The van der Waals surface area contributed by atoms with Crippen molar-refractivity contribution in [2.45, 2.75) is 19.8 Å². The Morgan fingerprint density at radius 1 is 1.23 bits per heavy atom. The van der Waals surface area contributed by atoms with Gasteiger partial charge in [0.05, 0.1) is 0 Å². The molecule has 0 aromatic heterocycles. The first kappa shape index (κ1) is 9.81. The van der Waals surface area contributed by atoms with Crippen LogP contribution in [-0.2, 0) is 0 Å². The average molecular weight is 200 g/mol. The first-order chi connectivity index (χ1) is 6.28. The fourth-order valence-corrected chi connectivity index (χ4v) is 3.36. The first-order valence-corrected chi connectivity index (χ1v) is 6.47. The van der Waals surface area contributed by atoms with Gasteiger partial charge in [0.15, 0.2) is 0 Å². The Kier molecular flexibility index (Phi) is 2.86. The molecule has 2 aliphatic heterocycles. The van der Waals surface area contributed by atoms with Crippen LogP contribution in [0, 0.1) is 5.41 Å². The van der Waals surface area contributed by atoms with Gasteiger partial charge in [0, 0.05) is 19.6 Å². The Hall–Kier alpha value is 0.270. The summed E-state index contributed by atoms with van der Waals surface area (Å²) >= 11 is 1.92. The Morgan fingerprint density at radius 2 is 2.00 bits per heavy atom. The van der Waals surface area contributed by atoms with E-state index in [2.05, 4.69) is 22.4 Å². The number of hydrogen-bond donors (Lipinski definition) is 0. The molecule has 0 aromatic rings. The van der Waals surface area contributed by atoms with Crippen LogP contribution in [0.3, 0.4) is 0 Å². The van der Waals surface area contributed by atoms with E-state index in [1.54, 1.807) is 0 Å². The minimum absolute atomic E-state index is 0.666. The highest BCUT2D eigenvalue weighted by molar-refractivity contribution is 7.96. The second kappa shape index (κ2) is 3.79. The van der Waals surface area contributed by atoms with Gasteiger partial charge in [-0.25, -0.2) is 0 Å². The molecule has 1 spiro atoms. The molecule has 1 unspecified atom stereocenters. The smallest absolute Gasteiger partial charge is 0.0159 e. The third-order valence-electron chi connectivity index (χ3n) is 3.63. The highest BCUT2D eigenvalue weighted by Gasteiger charge is 2.42. The lowest BCUT2D eigenvalue weighted by Crippen LogP contribution is -2.29. The maximum absolute atomic E-state index is 2.60. The lowest BCUT2D eigenvalue weighted by molar-refractivity contribution is 0.276. The molecular weight excluding hydrogens is 180 g/mol. The SMILES string of the molecule is CCN1CCC2(CCN(SC)C2)C1. The summed E-state index contributed by atoms with van der Waals surface area (Å²) in [5.41, 5.74) is 0.666. The van der Waals surface area contributed by atoms with Crippen molar-refractivity contribution in [2.24, 2.45) is 5.41 Å². The zero-order valence-corrected chi connectivity index (χ0v) is 9.57. The predicted molar refractivity (Wildman–Crippen MR) is 58.9 cm³/mol. The van der Waals surface area contributed by atoms with E-state index in [0.29, 0.717) is 5.41 Å². The lowest BCUT2D eigenvalue weighted by atomic mass is 9.87. The Labute approximate surface area is 85.8 Å². The molecule has 0 aliphatic carbocycles. The summed E-state index contributed by atoms with van der Waals surface area (Å²) in [5, 5.41) is 0. The molecule has 2 saturated heterocycles. The van der Waals surface area contributed by atoms with Crippen LogP contribution in [-0.4, -0.2) is 48.2 Å². The number of hydrogen-bond acceptors (Lipinski definition) is 3. The monoisotopic (exact) mass is 200 g/mol. The Bertz CT molecular complexity index is 164. The van der Waals surface area contributed by atoms with E-state index >= 15 is 0 Å². The standard InChI is InChI=1S/C10H20N2S/c1-3-11-6-4-10(8-11)5-7-12(9-10)13-2/h3-9H2,1-2H3. The van der Waals surface area contributed by atoms with Crippen molar-refractivity contribution in [1.29, 1.82) is 0 Å². The maximum Gasteiger partial charge on any atom is 0.0159 e. The van der Waals surface area contributed by atoms with Gasteiger partial charge < -0.3 is 4.90 Å². The normalized spacial score (nSPS) is 36.5. The third-order valence-corrected chi connectivity index (χ3v) is 4.45. The summed E-state index contributed by atoms with van der Waals surface area (Å²) < 4.78 is 2.53. The van der Waals surface area contributed by atoms with E-state index in [1.165, 1.54) is 45.6 Å². The topological polar surface area (TPSA) is 6.48 Å². The van der Waals surface area contributed by atoms with Crippen LogP contribution in [0.4, 0.5) is 0 Å². The maximum atomic E-state index is 2.60. The molecule has 2 nitrogen and oxygen atoms in total. The molecule has 0 bridgehead atoms. The summed E-state index contributed by atoms with van der Waals surface area (Å²) in [6.45, 7) is 8.82. The van der Waals surface area contributed by atoms with Crippen molar-refractivity contribution in [2.75, 3.05) is 39.0 Å².